The third-order valence-electron chi connectivity index (χ3n) is 2.89. The number of hydrogen-bond donors (Lipinski definition) is 0. The molecule has 0 aromatic heterocycles. The van der Waals surface area contributed by atoms with E-state index >= 15 is 0 Å². The van der Waals surface area contributed by atoms with Crippen LogP contribution in [0.2, 0.25) is 0 Å². The lowest BCUT2D eigenvalue weighted by molar-refractivity contribution is 0.459. The van der Waals surface area contributed by atoms with Crippen LogP contribution in [-0.4, -0.2) is 39.1 Å². The van der Waals surface area contributed by atoms with Crippen molar-refractivity contribution in [1.82, 2.24) is 4.31 Å². The smallest absolute Gasteiger partial charge is 0.216 e. The van der Waals surface area contributed by atoms with E-state index in [4.69, 9.17) is 0 Å². The van der Waals surface area contributed by atoms with E-state index in [0.717, 1.165) is 11.3 Å². The van der Waals surface area contributed by atoms with Gasteiger partial charge in [0.1, 0.15) is 0 Å². The number of anilines is 1. The highest BCUT2D eigenvalue weighted by Crippen LogP contribution is 2.15. The normalized spacial score (nSPS) is 12.2. The van der Waals surface area contributed by atoms with Crippen LogP contribution in [0.5, 0.6) is 0 Å². The topological polar surface area (TPSA) is 40.6 Å². The molecule has 4 nitrogen and oxygen atoms in total. The minimum atomic E-state index is -3.18. The Kier molecular flexibility index (Phi) is 4.76. The second kappa shape index (κ2) is 5.71. The fourth-order valence-electron chi connectivity index (χ4n) is 1.61. The van der Waals surface area contributed by atoms with Crippen molar-refractivity contribution >= 4 is 15.7 Å². The molecule has 0 heterocycles. The summed E-state index contributed by atoms with van der Waals surface area (Å²) in [5.41, 5.74) is 2.10. The number of hydrogen-bond acceptors (Lipinski definition) is 3. The Bertz CT molecular complexity index is 478. The summed E-state index contributed by atoms with van der Waals surface area (Å²) in [6.45, 7) is 3.80. The van der Waals surface area contributed by atoms with E-state index < -0.39 is 10.0 Å². The van der Waals surface area contributed by atoms with Gasteiger partial charge in [0, 0.05) is 33.4 Å². The lowest BCUT2D eigenvalue weighted by atomic mass is 10.2. The second-order valence-corrected chi connectivity index (χ2v) is 7.51. The highest BCUT2D eigenvalue weighted by atomic mass is 32.2. The first kappa shape index (κ1) is 15.0. The summed E-state index contributed by atoms with van der Waals surface area (Å²) in [6, 6.07) is 7.90. The molecule has 0 aliphatic heterocycles. The molecule has 0 saturated carbocycles. The van der Waals surface area contributed by atoms with Crippen molar-refractivity contribution in [2.45, 2.75) is 25.6 Å². The molecule has 102 valence electrons. The number of rotatable bonds is 5. The van der Waals surface area contributed by atoms with Crippen LogP contribution in [0.4, 0.5) is 5.69 Å². The van der Waals surface area contributed by atoms with E-state index in [1.807, 2.05) is 43.3 Å². The van der Waals surface area contributed by atoms with Crippen LogP contribution in [-0.2, 0) is 16.6 Å². The fraction of sp³-hybridized carbons (Fsp3) is 0.538. The van der Waals surface area contributed by atoms with Crippen molar-refractivity contribution in [1.29, 1.82) is 0 Å². The van der Waals surface area contributed by atoms with Gasteiger partial charge in [-0.05, 0) is 31.5 Å². The molecule has 18 heavy (non-hydrogen) atoms. The van der Waals surface area contributed by atoms with Crippen molar-refractivity contribution in [3.8, 4) is 0 Å². The summed E-state index contributed by atoms with van der Waals surface area (Å²) in [5, 5.41) is -0.386. The van der Waals surface area contributed by atoms with Gasteiger partial charge in [-0.25, -0.2) is 12.7 Å². The van der Waals surface area contributed by atoms with E-state index in [1.54, 1.807) is 20.9 Å². The Balaban J connectivity index is 2.80. The first-order chi connectivity index (χ1) is 8.25. The summed E-state index contributed by atoms with van der Waals surface area (Å²) >= 11 is 0. The van der Waals surface area contributed by atoms with Crippen molar-refractivity contribution in [2.75, 3.05) is 26.0 Å². The van der Waals surface area contributed by atoms with Crippen LogP contribution in [0, 0.1) is 0 Å². The lowest BCUT2D eigenvalue weighted by Gasteiger charge is -2.20. The van der Waals surface area contributed by atoms with Gasteiger partial charge in [-0.15, -0.1) is 0 Å². The molecule has 0 aliphatic rings. The predicted molar refractivity (Wildman–Crippen MR) is 76.3 cm³/mol. The van der Waals surface area contributed by atoms with Crippen LogP contribution in [0.15, 0.2) is 24.3 Å². The molecule has 0 bridgehead atoms. The number of nitrogens with zero attached hydrogens (tertiary/aromatic N) is 2. The first-order valence-electron chi connectivity index (χ1n) is 5.96. The van der Waals surface area contributed by atoms with Gasteiger partial charge in [-0.1, -0.05) is 12.1 Å². The van der Waals surface area contributed by atoms with Gasteiger partial charge in [0.25, 0.3) is 0 Å². The van der Waals surface area contributed by atoms with Crippen molar-refractivity contribution < 1.29 is 8.42 Å². The fourth-order valence-corrected chi connectivity index (χ4v) is 2.66. The van der Waals surface area contributed by atoms with Crippen LogP contribution >= 0.6 is 0 Å². The van der Waals surface area contributed by atoms with Gasteiger partial charge in [0.05, 0.1) is 5.25 Å². The van der Waals surface area contributed by atoms with Crippen LogP contribution in [0.25, 0.3) is 0 Å². The van der Waals surface area contributed by atoms with Crippen molar-refractivity contribution in [3.63, 3.8) is 0 Å². The van der Waals surface area contributed by atoms with E-state index in [9.17, 15) is 8.42 Å². The Morgan fingerprint density at radius 2 is 1.56 bits per heavy atom. The summed E-state index contributed by atoms with van der Waals surface area (Å²) in [4.78, 5) is 2.01. The van der Waals surface area contributed by atoms with Gasteiger partial charge in [-0.3, -0.25) is 0 Å². The second-order valence-electron chi connectivity index (χ2n) is 4.91. The largest absolute Gasteiger partial charge is 0.378 e. The maximum atomic E-state index is 11.9. The van der Waals surface area contributed by atoms with Gasteiger partial charge in [0.15, 0.2) is 0 Å². The minimum absolute atomic E-state index is 0.386. The molecule has 0 aliphatic carbocycles. The maximum Gasteiger partial charge on any atom is 0.216 e. The molecule has 0 N–H and O–H groups in total. The van der Waals surface area contributed by atoms with E-state index in [2.05, 4.69) is 0 Å². The quantitative estimate of drug-likeness (QED) is 0.821. The molecule has 0 saturated heterocycles. The van der Waals surface area contributed by atoms with Crippen LogP contribution in [0.1, 0.15) is 19.4 Å². The average molecular weight is 270 g/mol. The molecule has 5 heteroatoms. The summed E-state index contributed by atoms with van der Waals surface area (Å²) in [5.74, 6) is 0. The molecular weight excluding hydrogens is 248 g/mol. The maximum absolute atomic E-state index is 11.9. The molecule has 1 rings (SSSR count). The van der Waals surface area contributed by atoms with Crippen molar-refractivity contribution in [3.05, 3.63) is 29.8 Å². The lowest BCUT2D eigenvalue weighted by Crippen LogP contribution is -2.32. The van der Waals surface area contributed by atoms with Crippen LogP contribution < -0.4 is 4.90 Å². The van der Waals surface area contributed by atoms with E-state index in [1.165, 1.54) is 4.31 Å². The number of sulfonamides is 1. The van der Waals surface area contributed by atoms with E-state index in [0.29, 0.717) is 6.54 Å². The standard InChI is InChI=1S/C13H22N2O2S/c1-11(2)18(16,17)15(5)10-12-6-8-13(9-7-12)14(3)4/h6-9,11H,10H2,1-5H3. The van der Waals surface area contributed by atoms with Crippen LogP contribution in [0.3, 0.4) is 0 Å². The summed E-state index contributed by atoms with van der Waals surface area (Å²) in [6.07, 6.45) is 0. The van der Waals surface area contributed by atoms with E-state index in [-0.39, 0.29) is 5.25 Å². The van der Waals surface area contributed by atoms with Gasteiger partial charge >= 0.3 is 0 Å². The average Bonchev–Trinajstić information content (AvgIpc) is 2.29. The molecule has 0 unspecified atom stereocenters. The molecule has 0 radical (unpaired) electrons. The number of benzene rings is 1. The minimum Gasteiger partial charge on any atom is -0.378 e. The predicted octanol–water partition coefficient (Wildman–Crippen LogP) is 1.92. The Hall–Kier alpha value is -1.07. The summed E-state index contributed by atoms with van der Waals surface area (Å²) < 4.78 is 25.3. The first-order valence-corrected chi connectivity index (χ1v) is 7.47. The molecule has 1 aromatic rings. The Labute approximate surface area is 110 Å². The zero-order valence-corrected chi connectivity index (χ0v) is 12.5. The highest BCUT2D eigenvalue weighted by molar-refractivity contribution is 7.89. The molecule has 0 spiro atoms. The highest BCUT2D eigenvalue weighted by Gasteiger charge is 2.21. The zero-order valence-electron chi connectivity index (χ0n) is 11.7. The molecule has 0 amide bonds. The van der Waals surface area contributed by atoms with Gasteiger partial charge in [-0.2, -0.15) is 0 Å². The third-order valence-corrected chi connectivity index (χ3v) is 5.08. The summed E-state index contributed by atoms with van der Waals surface area (Å²) in [7, 11) is 2.39. The Morgan fingerprint density at radius 3 is 1.94 bits per heavy atom. The monoisotopic (exact) mass is 270 g/mol. The SMILES string of the molecule is CC(C)S(=O)(=O)N(C)Cc1ccc(N(C)C)cc1. The Morgan fingerprint density at radius 1 is 1.06 bits per heavy atom. The van der Waals surface area contributed by atoms with Gasteiger partial charge < -0.3 is 4.90 Å². The molecular formula is C13H22N2O2S. The van der Waals surface area contributed by atoms with Crippen molar-refractivity contribution in [2.24, 2.45) is 0 Å². The van der Waals surface area contributed by atoms with Gasteiger partial charge in [0.2, 0.25) is 10.0 Å². The third kappa shape index (κ3) is 3.46. The molecule has 0 fully saturated rings. The molecule has 0 atom stereocenters. The molecule has 1 aromatic carbocycles. The zero-order chi connectivity index (χ0) is 13.9.